The van der Waals surface area contributed by atoms with Gasteiger partial charge in [-0.25, -0.2) is 0 Å². The van der Waals surface area contributed by atoms with E-state index in [1.54, 1.807) is 6.20 Å². The third-order valence-corrected chi connectivity index (χ3v) is 3.27. The second kappa shape index (κ2) is 6.18. The molecule has 0 amide bonds. The van der Waals surface area contributed by atoms with Gasteiger partial charge < -0.3 is 4.74 Å². The molecule has 0 unspecified atom stereocenters. The van der Waals surface area contributed by atoms with E-state index in [9.17, 15) is 4.79 Å². The van der Waals surface area contributed by atoms with E-state index in [2.05, 4.69) is 4.98 Å². The number of Topliss-reactive ketones (excluding diaryl/α,β-unsaturated/α-hetero) is 1. The number of hydrogen-bond donors (Lipinski definition) is 0. The maximum absolute atomic E-state index is 12.0. The minimum atomic E-state index is 0.0921. The number of ketones is 1. The predicted molar refractivity (Wildman–Crippen MR) is 82.6 cm³/mol. The Bertz CT molecular complexity index is 753. The summed E-state index contributed by atoms with van der Waals surface area (Å²) in [6.45, 7) is 0.367. The number of nitrogens with zero attached hydrogens (tertiary/aromatic N) is 1. The molecule has 2 aromatic carbocycles. The highest BCUT2D eigenvalue weighted by atomic mass is 16.5. The van der Waals surface area contributed by atoms with E-state index in [0.29, 0.717) is 13.0 Å². The van der Waals surface area contributed by atoms with Gasteiger partial charge in [0.15, 0.2) is 5.78 Å². The van der Waals surface area contributed by atoms with Crippen molar-refractivity contribution in [2.45, 2.75) is 6.42 Å². The highest BCUT2D eigenvalue weighted by molar-refractivity contribution is 5.96. The lowest BCUT2D eigenvalue weighted by molar-refractivity contribution is 0.0962. The number of ether oxygens (including phenoxy) is 1. The summed E-state index contributed by atoms with van der Waals surface area (Å²) in [5.74, 6) is 0.830. The van der Waals surface area contributed by atoms with Gasteiger partial charge >= 0.3 is 0 Å². The van der Waals surface area contributed by atoms with Crippen molar-refractivity contribution < 1.29 is 9.53 Å². The molecule has 0 aliphatic heterocycles. The molecule has 0 spiro atoms. The first kappa shape index (κ1) is 13.3. The summed E-state index contributed by atoms with van der Waals surface area (Å²) in [7, 11) is 0. The van der Waals surface area contributed by atoms with Gasteiger partial charge in [0, 0.05) is 29.6 Å². The lowest BCUT2D eigenvalue weighted by Gasteiger charge is -2.06. The minimum Gasteiger partial charge on any atom is -0.493 e. The van der Waals surface area contributed by atoms with Crippen molar-refractivity contribution in [1.82, 2.24) is 4.98 Å². The quantitative estimate of drug-likeness (QED) is 0.664. The Hall–Kier alpha value is -2.68. The van der Waals surface area contributed by atoms with Crippen LogP contribution in [-0.4, -0.2) is 17.4 Å². The molecule has 104 valence electrons. The number of carbonyl (C=O) groups excluding carboxylic acids is 1. The van der Waals surface area contributed by atoms with Crippen LogP contribution in [0.2, 0.25) is 0 Å². The average molecular weight is 277 g/mol. The van der Waals surface area contributed by atoms with E-state index in [0.717, 1.165) is 22.2 Å². The van der Waals surface area contributed by atoms with E-state index in [1.165, 1.54) is 0 Å². The Morgan fingerprint density at radius 3 is 2.71 bits per heavy atom. The van der Waals surface area contributed by atoms with Crippen LogP contribution in [0.5, 0.6) is 5.75 Å². The fraction of sp³-hybridized carbons (Fsp3) is 0.111. The molecule has 3 aromatic rings. The molecule has 3 rings (SSSR count). The largest absolute Gasteiger partial charge is 0.493 e. The van der Waals surface area contributed by atoms with Crippen molar-refractivity contribution >= 4 is 16.7 Å². The van der Waals surface area contributed by atoms with Gasteiger partial charge in [-0.15, -0.1) is 0 Å². The van der Waals surface area contributed by atoms with E-state index < -0.39 is 0 Å². The van der Waals surface area contributed by atoms with Gasteiger partial charge in [0.2, 0.25) is 0 Å². The normalized spacial score (nSPS) is 10.5. The molecule has 0 aliphatic carbocycles. The smallest absolute Gasteiger partial charge is 0.166 e. The van der Waals surface area contributed by atoms with Crippen LogP contribution in [0.3, 0.4) is 0 Å². The highest BCUT2D eigenvalue weighted by Gasteiger charge is 2.05. The molecular weight excluding hydrogens is 262 g/mol. The fourth-order valence-electron chi connectivity index (χ4n) is 2.17. The standard InChI is InChI=1S/C18H15NO2/c20-18(15-5-2-1-3-6-15)10-12-21-16-9-8-14-7-4-11-19-17(14)13-16/h1-9,11,13H,10,12H2. The van der Waals surface area contributed by atoms with Gasteiger partial charge in [-0.3, -0.25) is 9.78 Å². The molecule has 0 bridgehead atoms. The summed E-state index contributed by atoms with van der Waals surface area (Å²) >= 11 is 0. The van der Waals surface area contributed by atoms with Crippen LogP contribution in [0, 0.1) is 0 Å². The van der Waals surface area contributed by atoms with Gasteiger partial charge in [-0.2, -0.15) is 0 Å². The molecule has 3 nitrogen and oxygen atoms in total. The number of carbonyl (C=O) groups is 1. The number of hydrogen-bond acceptors (Lipinski definition) is 3. The summed E-state index contributed by atoms with van der Waals surface area (Å²) < 4.78 is 5.65. The van der Waals surface area contributed by atoms with E-state index in [1.807, 2.05) is 60.7 Å². The van der Waals surface area contributed by atoms with Crippen LogP contribution in [0.15, 0.2) is 66.9 Å². The zero-order valence-electron chi connectivity index (χ0n) is 11.5. The van der Waals surface area contributed by atoms with Gasteiger partial charge in [0.25, 0.3) is 0 Å². The van der Waals surface area contributed by atoms with Crippen molar-refractivity contribution in [2.75, 3.05) is 6.61 Å². The molecule has 0 saturated heterocycles. The Kier molecular flexibility index (Phi) is 3.92. The Labute approximate surface area is 123 Å². The summed E-state index contributed by atoms with van der Waals surface area (Å²) in [6.07, 6.45) is 2.12. The summed E-state index contributed by atoms with van der Waals surface area (Å²) in [5.41, 5.74) is 1.62. The molecule has 3 heteroatoms. The SMILES string of the molecule is O=C(CCOc1ccc2cccnc2c1)c1ccccc1. The molecule has 1 aromatic heterocycles. The number of aromatic nitrogens is 1. The van der Waals surface area contributed by atoms with Crippen LogP contribution >= 0.6 is 0 Å². The third-order valence-electron chi connectivity index (χ3n) is 3.27. The second-order valence-electron chi connectivity index (χ2n) is 4.75. The number of pyridine rings is 1. The van der Waals surface area contributed by atoms with E-state index in [4.69, 9.17) is 4.74 Å². The average Bonchev–Trinajstić information content (AvgIpc) is 2.55. The second-order valence-corrected chi connectivity index (χ2v) is 4.75. The molecule has 0 saturated carbocycles. The first-order valence-electron chi connectivity index (χ1n) is 6.89. The topological polar surface area (TPSA) is 39.2 Å². The highest BCUT2D eigenvalue weighted by Crippen LogP contribution is 2.19. The van der Waals surface area contributed by atoms with Gasteiger partial charge in [-0.05, 0) is 18.2 Å². The van der Waals surface area contributed by atoms with Crippen molar-refractivity contribution in [3.63, 3.8) is 0 Å². The molecule has 1 heterocycles. The van der Waals surface area contributed by atoms with Crippen LogP contribution < -0.4 is 4.74 Å². The van der Waals surface area contributed by atoms with Crippen molar-refractivity contribution in [3.05, 3.63) is 72.4 Å². The van der Waals surface area contributed by atoms with E-state index >= 15 is 0 Å². The number of rotatable bonds is 5. The Morgan fingerprint density at radius 1 is 1.00 bits per heavy atom. The zero-order valence-corrected chi connectivity index (χ0v) is 11.5. The summed E-state index contributed by atoms with van der Waals surface area (Å²) in [5, 5.41) is 1.07. The van der Waals surface area contributed by atoms with Crippen LogP contribution in [0.4, 0.5) is 0 Å². The van der Waals surface area contributed by atoms with Crippen molar-refractivity contribution in [2.24, 2.45) is 0 Å². The lowest BCUT2D eigenvalue weighted by Crippen LogP contribution is -2.06. The Balaban J connectivity index is 1.60. The molecule has 21 heavy (non-hydrogen) atoms. The monoisotopic (exact) mass is 277 g/mol. The van der Waals surface area contributed by atoms with Crippen molar-refractivity contribution in [3.8, 4) is 5.75 Å². The molecule has 0 atom stereocenters. The molecule has 0 aliphatic rings. The maximum atomic E-state index is 12.0. The van der Waals surface area contributed by atoms with Gasteiger partial charge in [0.05, 0.1) is 12.1 Å². The minimum absolute atomic E-state index is 0.0921. The van der Waals surface area contributed by atoms with Crippen LogP contribution in [0.1, 0.15) is 16.8 Å². The third kappa shape index (κ3) is 3.26. The number of fused-ring (bicyclic) bond motifs is 1. The first-order valence-corrected chi connectivity index (χ1v) is 6.89. The van der Waals surface area contributed by atoms with Crippen LogP contribution in [-0.2, 0) is 0 Å². The molecule has 0 radical (unpaired) electrons. The molecule has 0 N–H and O–H groups in total. The first-order chi connectivity index (χ1) is 10.3. The number of benzene rings is 2. The zero-order chi connectivity index (χ0) is 14.5. The molecular formula is C18H15NO2. The Morgan fingerprint density at radius 2 is 1.86 bits per heavy atom. The fourth-order valence-corrected chi connectivity index (χ4v) is 2.17. The van der Waals surface area contributed by atoms with Crippen molar-refractivity contribution in [1.29, 1.82) is 0 Å². The lowest BCUT2D eigenvalue weighted by atomic mass is 10.1. The maximum Gasteiger partial charge on any atom is 0.166 e. The molecule has 0 fully saturated rings. The van der Waals surface area contributed by atoms with Gasteiger partial charge in [-0.1, -0.05) is 36.4 Å². The van der Waals surface area contributed by atoms with E-state index in [-0.39, 0.29) is 5.78 Å². The summed E-state index contributed by atoms with van der Waals surface area (Å²) in [6, 6.07) is 18.9. The predicted octanol–water partition coefficient (Wildman–Crippen LogP) is 3.89. The summed E-state index contributed by atoms with van der Waals surface area (Å²) in [4.78, 5) is 16.2. The van der Waals surface area contributed by atoms with Crippen LogP contribution in [0.25, 0.3) is 10.9 Å². The van der Waals surface area contributed by atoms with Gasteiger partial charge in [0.1, 0.15) is 5.75 Å².